The molecule has 3 aromatic carbocycles. The van der Waals surface area contributed by atoms with Gasteiger partial charge < -0.3 is 4.90 Å². The van der Waals surface area contributed by atoms with E-state index in [1.165, 1.54) is 27.1 Å². The van der Waals surface area contributed by atoms with Crippen LogP contribution in [0.3, 0.4) is 0 Å². The normalized spacial score (nSPS) is 11.6. The molecular formula is C20H23NP+. The average molecular weight is 308 g/mol. The van der Waals surface area contributed by atoms with Gasteiger partial charge in [0, 0.05) is 25.2 Å². The Labute approximate surface area is 133 Å². The minimum absolute atomic E-state index is 1.30. The van der Waals surface area contributed by atoms with Gasteiger partial charge in [-0.15, -0.1) is 0 Å². The van der Waals surface area contributed by atoms with Gasteiger partial charge >= 0.3 is 0 Å². The summed E-state index contributed by atoms with van der Waals surface area (Å²) in [5, 5.41) is 5.67. The number of anilines is 1. The molecule has 0 heterocycles. The van der Waals surface area contributed by atoms with Crippen LogP contribution in [0.15, 0.2) is 66.7 Å². The van der Waals surface area contributed by atoms with Crippen molar-refractivity contribution >= 4 is 34.3 Å². The number of hydrogen-bond donors (Lipinski definition) is 0. The van der Waals surface area contributed by atoms with Crippen LogP contribution in [0, 0.1) is 0 Å². The molecule has 0 aliphatic heterocycles. The van der Waals surface area contributed by atoms with Crippen molar-refractivity contribution < 1.29 is 0 Å². The highest BCUT2D eigenvalue weighted by Gasteiger charge is 2.33. The molecule has 0 aromatic heterocycles. The second-order valence-electron chi connectivity index (χ2n) is 6.34. The predicted molar refractivity (Wildman–Crippen MR) is 103 cm³/mol. The average Bonchev–Trinajstić information content (AvgIpc) is 2.54. The largest absolute Gasteiger partial charge is 0.377 e. The molecule has 0 aliphatic carbocycles. The summed E-state index contributed by atoms with van der Waals surface area (Å²) in [6.45, 7) is 4.84. The monoisotopic (exact) mass is 308 g/mol. The summed E-state index contributed by atoms with van der Waals surface area (Å²) in [5.74, 6) is 0. The molecule has 0 fully saturated rings. The first kappa shape index (κ1) is 15.1. The van der Waals surface area contributed by atoms with E-state index in [-0.39, 0.29) is 0 Å². The van der Waals surface area contributed by atoms with E-state index in [2.05, 4.69) is 99.1 Å². The van der Waals surface area contributed by atoms with Gasteiger partial charge in [0.05, 0.1) is 25.9 Å². The highest BCUT2D eigenvalue weighted by Crippen LogP contribution is 2.51. The third kappa shape index (κ3) is 2.51. The molecule has 0 unspecified atom stereocenters. The van der Waals surface area contributed by atoms with Gasteiger partial charge in [0.15, 0.2) is 0 Å². The van der Waals surface area contributed by atoms with Crippen LogP contribution in [-0.4, -0.2) is 27.4 Å². The van der Waals surface area contributed by atoms with Crippen molar-refractivity contribution in [2.24, 2.45) is 0 Å². The van der Waals surface area contributed by atoms with Gasteiger partial charge in [-0.3, -0.25) is 0 Å². The quantitative estimate of drug-likeness (QED) is 0.658. The zero-order valence-corrected chi connectivity index (χ0v) is 14.6. The third-order valence-electron chi connectivity index (χ3n) is 4.35. The Kier molecular flexibility index (Phi) is 3.93. The van der Waals surface area contributed by atoms with Crippen LogP contribution in [0.1, 0.15) is 0 Å². The summed E-state index contributed by atoms with van der Waals surface area (Å²) >= 11 is 0. The lowest BCUT2D eigenvalue weighted by molar-refractivity contribution is 1.14. The Morgan fingerprint density at radius 3 is 2.00 bits per heavy atom. The topological polar surface area (TPSA) is 3.24 Å². The van der Waals surface area contributed by atoms with Crippen LogP contribution in [0.25, 0.3) is 10.8 Å². The highest BCUT2D eigenvalue weighted by molar-refractivity contribution is 7.88. The molecule has 1 nitrogen and oxygen atoms in total. The molecule has 0 saturated heterocycles. The van der Waals surface area contributed by atoms with Crippen LogP contribution in [0.4, 0.5) is 5.69 Å². The smallest absolute Gasteiger partial charge is 0.108 e. The lowest BCUT2D eigenvalue weighted by Gasteiger charge is -2.23. The minimum Gasteiger partial charge on any atom is -0.377 e. The number of hydrogen-bond acceptors (Lipinski definition) is 1. The standard InChI is InChI=1S/C20H23NP/c1-21(2)18-14-8-10-16-11-9-15-19(20(16)18)22(3,4)17-12-6-5-7-13-17/h5-15H,1-4H3/q+1. The van der Waals surface area contributed by atoms with Crippen molar-refractivity contribution in [3.8, 4) is 0 Å². The molecule has 0 bridgehead atoms. The second-order valence-corrected chi connectivity index (χ2v) is 10.2. The first-order chi connectivity index (χ1) is 10.5. The number of fused-ring (bicyclic) bond motifs is 1. The summed E-state index contributed by atoms with van der Waals surface area (Å²) in [5.41, 5.74) is 1.30. The number of benzene rings is 3. The van der Waals surface area contributed by atoms with Crippen molar-refractivity contribution in [2.45, 2.75) is 0 Å². The van der Waals surface area contributed by atoms with Crippen molar-refractivity contribution in [1.82, 2.24) is 0 Å². The Morgan fingerprint density at radius 1 is 0.727 bits per heavy atom. The summed E-state index contributed by atoms with van der Waals surface area (Å²) in [6, 6.07) is 24.2. The van der Waals surface area contributed by atoms with E-state index in [0.717, 1.165) is 0 Å². The van der Waals surface area contributed by atoms with Crippen molar-refractivity contribution in [2.75, 3.05) is 32.3 Å². The fraction of sp³-hybridized carbons (Fsp3) is 0.200. The van der Waals surface area contributed by atoms with E-state index in [1.807, 2.05) is 0 Å². The predicted octanol–water partition coefficient (Wildman–Crippen LogP) is 4.13. The molecule has 22 heavy (non-hydrogen) atoms. The Bertz CT molecular complexity index is 786. The second kappa shape index (κ2) is 5.74. The summed E-state index contributed by atoms with van der Waals surface area (Å²) in [4.78, 5) is 2.22. The van der Waals surface area contributed by atoms with Gasteiger partial charge in [-0.1, -0.05) is 42.5 Å². The van der Waals surface area contributed by atoms with Crippen LogP contribution in [0.5, 0.6) is 0 Å². The number of nitrogens with zero attached hydrogens (tertiary/aromatic N) is 1. The molecule has 0 amide bonds. The molecule has 0 radical (unpaired) electrons. The SMILES string of the molecule is CN(C)c1cccc2cccc([P+](C)(C)c3ccccc3)c12. The van der Waals surface area contributed by atoms with Crippen LogP contribution in [0.2, 0.25) is 0 Å². The van der Waals surface area contributed by atoms with Gasteiger partial charge in [0.1, 0.15) is 5.30 Å². The first-order valence-corrected chi connectivity index (χ1v) is 10.3. The van der Waals surface area contributed by atoms with Crippen molar-refractivity contribution in [3.63, 3.8) is 0 Å². The molecule has 3 aromatic rings. The van der Waals surface area contributed by atoms with E-state index in [1.54, 1.807) is 0 Å². The van der Waals surface area contributed by atoms with Crippen LogP contribution >= 0.6 is 7.26 Å². The van der Waals surface area contributed by atoms with Gasteiger partial charge in [-0.05, 0) is 29.7 Å². The maximum absolute atomic E-state index is 2.42. The van der Waals surface area contributed by atoms with E-state index >= 15 is 0 Å². The Morgan fingerprint density at radius 2 is 1.36 bits per heavy atom. The summed E-state index contributed by atoms with van der Waals surface area (Å²) in [6.07, 6.45) is 0. The van der Waals surface area contributed by atoms with Gasteiger partial charge in [-0.2, -0.15) is 0 Å². The summed E-state index contributed by atoms with van der Waals surface area (Å²) in [7, 11) is 2.86. The first-order valence-electron chi connectivity index (χ1n) is 7.61. The maximum atomic E-state index is 2.42. The third-order valence-corrected chi connectivity index (χ3v) is 7.51. The molecular weight excluding hydrogens is 285 g/mol. The minimum atomic E-state index is -1.39. The van der Waals surface area contributed by atoms with E-state index < -0.39 is 7.26 Å². The summed E-state index contributed by atoms with van der Waals surface area (Å²) < 4.78 is 0. The van der Waals surface area contributed by atoms with Gasteiger partial charge in [0.2, 0.25) is 0 Å². The van der Waals surface area contributed by atoms with E-state index in [9.17, 15) is 0 Å². The molecule has 0 aliphatic rings. The molecule has 0 atom stereocenters. The van der Waals surface area contributed by atoms with Gasteiger partial charge in [-0.25, -0.2) is 0 Å². The highest BCUT2D eigenvalue weighted by atomic mass is 31.2. The Balaban J connectivity index is 2.31. The number of rotatable bonds is 3. The fourth-order valence-electron chi connectivity index (χ4n) is 3.08. The van der Waals surface area contributed by atoms with Crippen LogP contribution < -0.4 is 15.5 Å². The molecule has 2 heteroatoms. The molecule has 0 spiro atoms. The molecule has 112 valence electrons. The van der Waals surface area contributed by atoms with E-state index in [4.69, 9.17) is 0 Å². The lowest BCUT2D eigenvalue weighted by atomic mass is 10.1. The fourth-order valence-corrected chi connectivity index (χ4v) is 5.54. The van der Waals surface area contributed by atoms with Crippen molar-refractivity contribution in [1.29, 1.82) is 0 Å². The zero-order chi connectivity index (χ0) is 15.7. The maximum Gasteiger partial charge on any atom is 0.108 e. The van der Waals surface area contributed by atoms with Crippen molar-refractivity contribution in [3.05, 3.63) is 66.7 Å². The van der Waals surface area contributed by atoms with E-state index in [0.29, 0.717) is 0 Å². The molecule has 0 saturated carbocycles. The zero-order valence-electron chi connectivity index (χ0n) is 13.7. The van der Waals surface area contributed by atoms with Crippen LogP contribution in [-0.2, 0) is 0 Å². The Hall–Kier alpha value is -1.85. The van der Waals surface area contributed by atoms with Gasteiger partial charge in [0.25, 0.3) is 0 Å². The molecule has 0 N–H and O–H groups in total. The molecule has 3 rings (SSSR count). The lowest BCUT2D eigenvalue weighted by Crippen LogP contribution is -2.22.